The monoisotopic (exact) mass is 468 g/mol. The van der Waals surface area contributed by atoms with Crippen molar-refractivity contribution in [2.75, 3.05) is 31.1 Å². The fourth-order valence-corrected chi connectivity index (χ4v) is 4.28. The number of aromatic nitrogens is 1. The van der Waals surface area contributed by atoms with Crippen molar-refractivity contribution < 1.29 is 27.9 Å². The molecule has 1 aliphatic carbocycles. The number of fused-ring (bicyclic) bond motifs is 1. The number of halogens is 3. The SMILES string of the molecule is CC(C)N1CCN(c2ccc3ccc(C(=O)NC4CCCC4)cn23)CC1.O=C(O)C(F)(F)F. The van der Waals surface area contributed by atoms with Gasteiger partial charge in [-0.15, -0.1) is 0 Å². The Labute approximate surface area is 191 Å². The average Bonchev–Trinajstić information content (AvgIpc) is 3.42. The van der Waals surface area contributed by atoms with Crippen molar-refractivity contribution in [1.29, 1.82) is 0 Å². The van der Waals surface area contributed by atoms with Gasteiger partial charge in [0.15, 0.2) is 0 Å². The molecule has 2 N–H and O–H groups in total. The van der Waals surface area contributed by atoms with Crippen LogP contribution in [0.5, 0.6) is 0 Å². The van der Waals surface area contributed by atoms with E-state index >= 15 is 0 Å². The number of aliphatic carboxylic acids is 1. The van der Waals surface area contributed by atoms with Crippen molar-refractivity contribution in [2.45, 2.75) is 57.8 Å². The molecule has 2 aliphatic rings. The van der Waals surface area contributed by atoms with Gasteiger partial charge in [-0.25, -0.2) is 4.79 Å². The Kier molecular flexibility index (Phi) is 7.88. The van der Waals surface area contributed by atoms with Crippen LogP contribution in [0.2, 0.25) is 0 Å². The molecule has 1 aliphatic heterocycles. The molecule has 182 valence electrons. The van der Waals surface area contributed by atoms with E-state index in [1.807, 2.05) is 12.3 Å². The second-order valence-electron chi connectivity index (χ2n) is 8.78. The van der Waals surface area contributed by atoms with Gasteiger partial charge in [-0.2, -0.15) is 13.2 Å². The lowest BCUT2D eigenvalue weighted by Crippen LogP contribution is -2.49. The smallest absolute Gasteiger partial charge is 0.475 e. The molecule has 0 bridgehead atoms. The second-order valence-corrected chi connectivity index (χ2v) is 8.78. The molecule has 0 aromatic carbocycles. The normalized spacial score (nSPS) is 17.8. The highest BCUT2D eigenvalue weighted by atomic mass is 19.4. The maximum Gasteiger partial charge on any atom is 0.490 e. The van der Waals surface area contributed by atoms with E-state index in [1.54, 1.807) is 0 Å². The number of carboxylic acids is 1. The number of nitrogens with one attached hydrogen (secondary N) is 1. The molecular formula is C23H31F3N4O3. The highest BCUT2D eigenvalue weighted by Gasteiger charge is 2.38. The van der Waals surface area contributed by atoms with Gasteiger partial charge in [-0.1, -0.05) is 12.8 Å². The molecule has 10 heteroatoms. The van der Waals surface area contributed by atoms with Gasteiger partial charge in [0.25, 0.3) is 5.91 Å². The topological polar surface area (TPSA) is 77.3 Å². The summed E-state index contributed by atoms with van der Waals surface area (Å²) in [4.78, 5) is 26.5. The quantitative estimate of drug-likeness (QED) is 0.714. The Bertz CT molecular complexity index is 960. The van der Waals surface area contributed by atoms with Crippen LogP contribution in [0.3, 0.4) is 0 Å². The van der Waals surface area contributed by atoms with E-state index in [4.69, 9.17) is 9.90 Å². The molecule has 0 radical (unpaired) electrons. The molecule has 4 rings (SSSR count). The van der Waals surface area contributed by atoms with Gasteiger partial charge in [0.2, 0.25) is 0 Å². The molecule has 0 unspecified atom stereocenters. The Morgan fingerprint density at radius 1 is 1.03 bits per heavy atom. The molecule has 2 aromatic rings. The minimum atomic E-state index is -5.08. The van der Waals surface area contributed by atoms with Gasteiger partial charge in [-0.3, -0.25) is 9.69 Å². The van der Waals surface area contributed by atoms with Crippen LogP contribution in [-0.2, 0) is 4.79 Å². The first-order valence-electron chi connectivity index (χ1n) is 11.3. The number of nitrogens with zero attached hydrogens (tertiary/aromatic N) is 3. The van der Waals surface area contributed by atoms with E-state index in [0.29, 0.717) is 12.1 Å². The van der Waals surface area contributed by atoms with E-state index in [2.05, 4.69) is 51.6 Å². The first-order valence-corrected chi connectivity index (χ1v) is 11.3. The summed E-state index contributed by atoms with van der Waals surface area (Å²) in [5, 5.41) is 10.3. The molecule has 1 amide bonds. The molecule has 3 heterocycles. The van der Waals surface area contributed by atoms with E-state index in [0.717, 1.165) is 50.1 Å². The van der Waals surface area contributed by atoms with Crippen molar-refractivity contribution in [3.63, 3.8) is 0 Å². The molecule has 33 heavy (non-hydrogen) atoms. The average molecular weight is 469 g/mol. The van der Waals surface area contributed by atoms with Gasteiger partial charge >= 0.3 is 12.1 Å². The van der Waals surface area contributed by atoms with E-state index in [1.165, 1.54) is 18.7 Å². The van der Waals surface area contributed by atoms with Crippen LogP contribution in [0.4, 0.5) is 19.0 Å². The van der Waals surface area contributed by atoms with Crippen molar-refractivity contribution in [1.82, 2.24) is 14.6 Å². The lowest BCUT2D eigenvalue weighted by molar-refractivity contribution is -0.192. The fraction of sp³-hybridized carbons (Fsp3) is 0.565. The van der Waals surface area contributed by atoms with Gasteiger partial charge in [0.05, 0.1) is 5.56 Å². The summed E-state index contributed by atoms with van der Waals surface area (Å²) in [5.41, 5.74) is 1.89. The highest BCUT2D eigenvalue weighted by Crippen LogP contribution is 2.23. The van der Waals surface area contributed by atoms with Crippen molar-refractivity contribution >= 4 is 23.2 Å². The molecule has 0 atom stereocenters. The van der Waals surface area contributed by atoms with Gasteiger partial charge in [0.1, 0.15) is 5.82 Å². The first kappa shape index (κ1) is 24.9. The van der Waals surface area contributed by atoms with Crippen molar-refractivity contribution in [3.05, 3.63) is 36.0 Å². The second kappa shape index (κ2) is 10.5. The highest BCUT2D eigenvalue weighted by molar-refractivity contribution is 5.94. The number of hydrogen-bond acceptors (Lipinski definition) is 4. The molecule has 2 aromatic heterocycles. The molecule has 1 saturated heterocycles. The predicted octanol–water partition coefficient (Wildman–Crippen LogP) is 3.78. The van der Waals surface area contributed by atoms with E-state index in [-0.39, 0.29) is 5.91 Å². The van der Waals surface area contributed by atoms with Gasteiger partial charge in [0, 0.05) is 50.0 Å². The van der Waals surface area contributed by atoms with Gasteiger partial charge in [-0.05, 0) is 51.0 Å². The summed E-state index contributed by atoms with van der Waals surface area (Å²) in [6, 6.07) is 9.28. The van der Waals surface area contributed by atoms with Crippen molar-refractivity contribution in [3.8, 4) is 0 Å². The fourth-order valence-electron chi connectivity index (χ4n) is 4.28. The number of hydrogen-bond donors (Lipinski definition) is 2. The standard InChI is InChI=1S/C21H30N4O.C2HF3O2/c1-16(2)23-11-13-24(14-12-23)20-10-9-19-8-7-17(15-25(19)20)21(26)22-18-5-3-4-6-18;3-2(4,5)1(6)7/h7-10,15-16,18H,3-6,11-14H2,1-2H3,(H,22,26);(H,6,7). The number of carbonyl (C=O) groups is 2. The largest absolute Gasteiger partial charge is 0.490 e. The number of piperazine rings is 1. The zero-order valence-corrected chi connectivity index (χ0v) is 18.9. The van der Waals surface area contributed by atoms with Crippen LogP contribution < -0.4 is 10.2 Å². The summed E-state index contributed by atoms with van der Waals surface area (Å²) in [7, 11) is 0. The van der Waals surface area contributed by atoms with Gasteiger partial charge < -0.3 is 19.7 Å². The number of pyridine rings is 1. The summed E-state index contributed by atoms with van der Waals surface area (Å²) in [6.45, 7) is 8.76. The zero-order valence-electron chi connectivity index (χ0n) is 18.9. The molecule has 0 spiro atoms. The van der Waals surface area contributed by atoms with Crippen LogP contribution >= 0.6 is 0 Å². The number of alkyl halides is 3. The Morgan fingerprint density at radius 3 is 2.15 bits per heavy atom. The summed E-state index contributed by atoms with van der Waals surface area (Å²) < 4.78 is 33.9. The Hall–Kier alpha value is -2.75. The van der Waals surface area contributed by atoms with Crippen LogP contribution in [0, 0.1) is 0 Å². The lowest BCUT2D eigenvalue weighted by Gasteiger charge is -2.37. The van der Waals surface area contributed by atoms with Crippen LogP contribution in [0.1, 0.15) is 49.9 Å². The number of carboxylic acid groups (broad SMARTS) is 1. The number of amides is 1. The Balaban J connectivity index is 0.000000383. The summed E-state index contributed by atoms with van der Waals surface area (Å²) >= 11 is 0. The maximum absolute atomic E-state index is 12.6. The summed E-state index contributed by atoms with van der Waals surface area (Å²) in [5.74, 6) is -1.51. The third-order valence-electron chi connectivity index (χ3n) is 6.19. The molecule has 2 fully saturated rings. The third-order valence-corrected chi connectivity index (χ3v) is 6.19. The minimum Gasteiger partial charge on any atom is -0.475 e. The van der Waals surface area contributed by atoms with Crippen LogP contribution in [0.15, 0.2) is 30.5 Å². The predicted molar refractivity (Wildman–Crippen MR) is 120 cm³/mol. The van der Waals surface area contributed by atoms with Crippen molar-refractivity contribution in [2.24, 2.45) is 0 Å². The third kappa shape index (κ3) is 6.40. The van der Waals surface area contributed by atoms with E-state index in [9.17, 15) is 18.0 Å². The van der Waals surface area contributed by atoms with Crippen LogP contribution in [0.25, 0.3) is 5.52 Å². The molecule has 1 saturated carbocycles. The van der Waals surface area contributed by atoms with Crippen LogP contribution in [-0.4, -0.2) is 70.7 Å². The lowest BCUT2D eigenvalue weighted by atomic mass is 10.2. The number of anilines is 1. The molecule has 7 nitrogen and oxygen atoms in total. The number of carbonyl (C=O) groups excluding carboxylic acids is 1. The van der Waals surface area contributed by atoms with E-state index < -0.39 is 12.1 Å². The Morgan fingerprint density at radius 2 is 1.61 bits per heavy atom. The number of rotatable bonds is 4. The minimum absolute atomic E-state index is 0.0584. The first-order chi connectivity index (χ1) is 15.6. The molecular weight excluding hydrogens is 437 g/mol. The summed E-state index contributed by atoms with van der Waals surface area (Å²) in [6.07, 6.45) is 1.61. The zero-order chi connectivity index (χ0) is 24.2. The maximum atomic E-state index is 12.6.